The average Bonchev–Trinajstić information content (AvgIpc) is 2.98. The molecule has 3 nitrogen and oxygen atoms in total. The van der Waals surface area contributed by atoms with E-state index in [1.54, 1.807) is 0 Å². The number of allylic oxidation sites excluding steroid dienone is 2. The summed E-state index contributed by atoms with van der Waals surface area (Å²) in [6.45, 7) is 0. The van der Waals surface area contributed by atoms with Crippen LogP contribution in [0.25, 0.3) is 5.57 Å². The summed E-state index contributed by atoms with van der Waals surface area (Å²) < 4.78 is 40.8. The summed E-state index contributed by atoms with van der Waals surface area (Å²) in [6, 6.07) is 1.43. The zero-order chi connectivity index (χ0) is 16.7. The van der Waals surface area contributed by atoms with Gasteiger partial charge in [-0.05, 0) is 48.4 Å². The smallest absolute Gasteiger partial charge is 0.397 e. The van der Waals surface area contributed by atoms with Gasteiger partial charge < -0.3 is 11.5 Å². The number of carbonyl (C=O) groups excluding carboxylic acids is 1. The minimum atomic E-state index is -4.68. The van der Waals surface area contributed by atoms with Gasteiger partial charge in [0.25, 0.3) is 0 Å². The first-order valence-electron chi connectivity index (χ1n) is 7.38. The van der Waals surface area contributed by atoms with E-state index in [0.29, 0.717) is 36.8 Å². The van der Waals surface area contributed by atoms with Crippen molar-refractivity contribution in [2.45, 2.75) is 31.9 Å². The van der Waals surface area contributed by atoms with Gasteiger partial charge in [0, 0.05) is 11.3 Å². The van der Waals surface area contributed by atoms with Crippen LogP contribution in [-0.4, -0.2) is 12.0 Å². The highest BCUT2D eigenvalue weighted by Gasteiger charge is 2.59. The summed E-state index contributed by atoms with van der Waals surface area (Å²) in [6.07, 6.45) is -2.78. The van der Waals surface area contributed by atoms with Crippen molar-refractivity contribution in [1.29, 1.82) is 0 Å². The van der Waals surface area contributed by atoms with Crippen molar-refractivity contribution in [3.05, 3.63) is 27.8 Å². The lowest BCUT2D eigenvalue weighted by molar-refractivity contribution is -0.132. The van der Waals surface area contributed by atoms with Crippen molar-refractivity contribution >= 4 is 34.3 Å². The van der Waals surface area contributed by atoms with Gasteiger partial charge in [0.15, 0.2) is 5.78 Å². The van der Waals surface area contributed by atoms with Crippen LogP contribution in [0.1, 0.15) is 30.4 Å². The number of ketones is 1. The van der Waals surface area contributed by atoms with Crippen LogP contribution in [0.4, 0.5) is 24.5 Å². The lowest BCUT2D eigenvalue weighted by atomic mass is 9.71. The first-order valence-corrected chi connectivity index (χ1v) is 7.76. The molecule has 0 heterocycles. The summed E-state index contributed by atoms with van der Waals surface area (Å²) in [4.78, 5) is 12.3. The lowest BCUT2D eigenvalue weighted by Crippen LogP contribution is -2.34. The Kier molecular flexibility index (Phi) is 2.74. The summed E-state index contributed by atoms with van der Waals surface area (Å²) in [5.41, 5.74) is 11.6. The zero-order valence-electron chi connectivity index (χ0n) is 12.1. The molecule has 0 radical (unpaired) electrons. The Morgan fingerprint density at radius 3 is 2.61 bits per heavy atom. The predicted octanol–water partition coefficient (Wildman–Crippen LogP) is 3.75. The minimum absolute atomic E-state index is 0.0901. The Balaban J connectivity index is 2.09. The van der Waals surface area contributed by atoms with Gasteiger partial charge in [-0.3, -0.25) is 4.79 Å². The van der Waals surface area contributed by atoms with Crippen LogP contribution in [0, 0.1) is 11.3 Å². The number of fused-ring (bicyclic) bond motifs is 3. The van der Waals surface area contributed by atoms with Crippen LogP contribution in [0.15, 0.2) is 11.6 Å². The quantitative estimate of drug-likeness (QED) is 0.705. The Labute approximate surface area is 135 Å². The van der Waals surface area contributed by atoms with Gasteiger partial charge in [0.05, 0.1) is 16.4 Å². The molecule has 0 unspecified atom stereocenters. The SMILES string of the molecule is Nc1c(Cl)cc2c(c1N)C[C@]13CC[C@H](C1)C(=O)C(C(F)(F)F)=C23. The first-order chi connectivity index (χ1) is 10.7. The second kappa shape index (κ2) is 4.23. The fraction of sp³-hybridized carbons (Fsp3) is 0.438. The van der Waals surface area contributed by atoms with Crippen LogP contribution < -0.4 is 11.5 Å². The van der Waals surface area contributed by atoms with E-state index in [-0.39, 0.29) is 22.0 Å². The number of nitrogens with two attached hydrogens (primary N) is 2. The molecule has 7 heteroatoms. The number of anilines is 2. The maximum absolute atomic E-state index is 13.6. The van der Waals surface area contributed by atoms with Crippen LogP contribution >= 0.6 is 11.6 Å². The molecule has 3 aliphatic carbocycles. The first kappa shape index (κ1) is 14.9. The maximum Gasteiger partial charge on any atom is 0.420 e. The molecule has 0 saturated heterocycles. The Morgan fingerprint density at radius 2 is 1.96 bits per heavy atom. The summed E-state index contributed by atoms with van der Waals surface area (Å²) >= 11 is 6.03. The zero-order valence-corrected chi connectivity index (χ0v) is 12.8. The molecule has 0 aromatic heterocycles. The van der Waals surface area contributed by atoms with E-state index < -0.39 is 28.9 Å². The van der Waals surface area contributed by atoms with Gasteiger partial charge in [0.1, 0.15) is 5.57 Å². The fourth-order valence-corrected chi connectivity index (χ4v) is 4.81. The van der Waals surface area contributed by atoms with Crippen molar-refractivity contribution in [1.82, 2.24) is 0 Å². The topological polar surface area (TPSA) is 69.1 Å². The van der Waals surface area contributed by atoms with E-state index in [1.165, 1.54) is 6.07 Å². The normalized spacial score (nSPS) is 29.0. The number of Topliss-reactive ketones (excluding diaryl/α,β-unsaturated/α-hetero) is 1. The van der Waals surface area contributed by atoms with Crippen molar-refractivity contribution in [2.75, 3.05) is 11.5 Å². The van der Waals surface area contributed by atoms with E-state index >= 15 is 0 Å². The van der Waals surface area contributed by atoms with E-state index in [0.717, 1.165) is 0 Å². The van der Waals surface area contributed by atoms with Gasteiger partial charge in [0.2, 0.25) is 0 Å². The van der Waals surface area contributed by atoms with Crippen LogP contribution in [0.5, 0.6) is 0 Å². The number of hydrogen-bond acceptors (Lipinski definition) is 3. The number of alkyl halides is 3. The third-order valence-corrected chi connectivity index (χ3v) is 5.86. The Bertz CT molecular complexity index is 799. The summed E-state index contributed by atoms with van der Waals surface area (Å²) in [5, 5.41) is 0.125. The third kappa shape index (κ3) is 1.75. The predicted molar refractivity (Wildman–Crippen MR) is 81.7 cm³/mol. The molecule has 1 aromatic rings. The van der Waals surface area contributed by atoms with E-state index in [2.05, 4.69) is 0 Å². The molecule has 2 bridgehead atoms. The second-order valence-electron chi connectivity index (χ2n) is 6.72. The number of nitrogen functional groups attached to an aromatic ring is 2. The molecule has 4 N–H and O–H groups in total. The number of hydrogen-bond donors (Lipinski definition) is 2. The maximum atomic E-state index is 13.6. The Morgan fingerprint density at radius 1 is 1.26 bits per heavy atom. The van der Waals surface area contributed by atoms with E-state index in [1.807, 2.05) is 0 Å². The number of rotatable bonds is 0. The average molecular weight is 343 g/mol. The molecule has 1 spiro atoms. The minimum Gasteiger partial charge on any atom is -0.397 e. The largest absolute Gasteiger partial charge is 0.420 e. The van der Waals surface area contributed by atoms with E-state index in [4.69, 9.17) is 23.1 Å². The van der Waals surface area contributed by atoms with Crippen LogP contribution in [-0.2, 0) is 11.2 Å². The number of carbonyl (C=O) groups is 1. The van der Waals surface area contributed by atoms with Gasteiger partial charge >= 0.3 is 6.18 Å². The second-order valence-corrected chi connectivity index (χ2v) is 7.13. The molecule has 23 heavy (non-hydrogen) atoms. The monoisotopic (exact) mass is 342 g/mol. The highest BCUT2D eigenvalue weighted by atomic mass is 35.5. The van der Waals surface area contributed by atoms with Crippen molar-refractivity contribution in [3.8, 4) is 0 Å². The van der Waals surface area contributed by atoms with Crippen LogP contribution in [0.3, 0.4) is 0 Å². The van der Waals surface area contributed by atoms with Crippen molar-refractivity contribution in [2.24, 2.45) is 11.3 Å². The molecular weight excluding hydrogens is 329 g/mol. The van der Waals surface area contributed by atoms with Crippen molar-refractivity contribution in [3.63, 3.8) is 0 Å². The van der Waals surface area contributed by atoms with Gasteiger partial charge in [-0.15, -0.1) is 0 Å². The molecule has 4 rings (SSSR count). The molecule has 122 valence electrons. The molecule has 3 aliphatic rings. The van der Waals surface area contributed by atoms with Gasteiger partial charge in [-0.2, -0.15) is 13.2 Å². The highest BCUT2D eigenvalue weighted by Crippen LogP contribution is 2.65. The molecular formula is C16H14ClF3N2O. The Hall–Kier alpha value is -1.69. The molecule has 1 fully saturated rings. The standard InChI is InChI=1S/C16H14ClF3N2O/c17-9-3-7-8(12(21)13(9)22)5-15-2-1-6(4-15)14(23)11(10(7)15)16(18,19)20/h3,6H,1-2,4-5,21-22H2/t6-,15+/m1/s1. The molecule has 1 aromatic carbocycles. The lowest BCUT2D eigenvalue weighted by Gasteiger charge is -2.33. The molecule has 0 amide bonds. The number of halogens is 4. The van der Waals surface area contributed by atoms with Crippen molar-refractivity contribution < 1.29 is 18.0 Å². The third-order valence-electron chi connectivity index (χ3n) is 5.54. The molecule has 2 atom stereocenters. The van der Waals surface area contributed by atoms with E-state index in [9.17, 15) is 18.0 Å². The number of benzene rings is 1. The van der Waals surface area contributed by atoms with Gasteiger partial charge in [-0.25, -0.2) is 0 Å². The summed E-state index contributed by atoms with van der Waals surface area (Å²) in [7, 11) is 0. The van der Waals surface area contributed by atoms with Crippen LogP contribution in [0.2, 0.25) is 5.02 Å². The van der Waals surface area contributed by atoms with Gasteiger partial charge in [-0.1, -0.05) is 11.6 Å². The summed E-state index contributed by atoms with van der Waals surface area (Å²) in [5.74, 6) is -1.33. The molecule has 1 saturated carbocycles. The highest BCUT2D eigenvalue weighted by molar-refractivity contribution is 6.34. The fourth-order valence-electron chi connectivity index (χ4n) is 4.60. The molecule has 0 aliphatic heterocycles.